The first-order chi connectivity index (χ1) is 13.3. The monoisotopic (exact) mass is 400 g/mol. The summed E-state index contributed by atoms with van der Waals surface area (Å²) >= 11 is 0. The minimum absolute atomic E-state index is 0.0869. The molecule has 2 aromatic heterocycles. The molecule has 0 aliphatic heterocycles. The summed E-state index contributed by atoms with van der Waals surface area (Å²) in [5, 5.41) is 0. The fourth-order valence-corrected chi connectivity index (χ4v) is 3.82. The normalized spacial score (nSPS) is 11.7. The lowest BCUT2D eigenvalue weighted by Gasteiger charge is -2.09. The van der Waals surface area contributed by atoms with Crippen LogP contribution in [-0.2, 0) is 10.0 Å². The fourth-order valence-electron chi connectivity index (χ4n) is 2.73. The van der Waals surface area contributed by atoms with Gasteiger partial charge >= 0.3 is 0 Å². The van der Waals surface area contributed by atoms with Gasteiger partial charge in [-0.3, -0.25) is 4.72 Å². The second kappa shape index (κ2) is 6.68. The summed E-state index contributed by atoms with van der Waals surface area (Å²) < 4.78 is 54.1. The van der Waals surface area contributed by atoms with Crippen LogP contribution in [0.1, 0.15) is 5.69 Å². The number of aromatic amines is 1. The summed E-state index contributed by atoms with van der Waals surface area (Å²) in [7, 11) is -4.08. The van der Waals surface area contributed by atoms with E-state index in [0.717, 1.165) is 17.8 Å². The Labute approximate surface area is 159 Å². The van der Waals surface area contributed by atoms with Gasteiger partial charge in [0.15, 0.2) is 5.82 Å². The summed E-state index contributed by atoms with van der Waals surface area (Å²) in [6, 6.07) is 12.4. The molecule has 2 heterocycles. The molecule has 0 amide bonds. The average Bonchev–Trinajstić information content (AvgIpc) is 3.07. The van der Waals surface area contributed by atoms with Crippen molar-refractivity contribution >= 4 is 26.7 Å². The largest absolute Gasteiger partial charge is 0.337 e. The zero-order valence-corrected chi connectivity index (χ0v) is 15.4. The van der Waals surface area contributed by atoms with Crippen LogP contribution in [-0.4, -0.2) is 23.4 Å². The van der Waals surface area contributed by atoms with Gasteiger partial charge in [-0.15, -0.1) is 0 Å². The highest BCUT2D eigenvalue weighted by atomic mass is 32.2. The number of anilines is 1. The van der Waals surface area contributed by atoms with E-state index >= 15 is 0 Å². The van der Waals surface area contributed by atoms with Crippen molar-refractivity contribution in [2.24, 2.45) is 0 Å². The van der Waals surface area contributed by atoms with E-state index in [1.807, 2.05) is 19.1 Å². The van der Waals surface area contributed by atoms with Gasteiger partial charge in [-0.2, -0.15) is 0 Å². The Balaban J connectivity index is 1.70. The predicted octanol–water partition coefficient (Wildman–Crippen LogP) is 4.01. The maximum atomic E-state index is 13.8. The lowest BCUT2D eigenvalue weighted by Crippen LogP contribution is -2.14. The van der Waals surface area contributed by atoms with Crippen LogP contribution < -0.4 is 4.72 Å². The molecule has 2 N–H and O–H groups in total. The van der Waals surface area contributed by atoms with Crippen molar-refractivity contribution in [2.75, 3.05) is 4.72 Å². The minimum atomic E-state index is -4.08. The fraction of sp³-hybridized carbons (Fsp3) is 0.0526. The molecule has 0 fully saturated rings. The van der Waals surface area contributed by atoms with Crippen molar-refractivity contribution in [1.82, 2.24) is 15.0 Å². The summed E-state index contributed by atoms with van der Waals surface area (Å²) in [4.78, 5) is 11.8. The number of nitrogens with zero attached hydrogens (tertiary/aromatic N) is 2. The molecule has 0 aliphatic rings. The molecule has 0 unspecified atom stereocenters. The van der Waals surface area contributed by atoms with E-state index in [0.29, 0.717) is 28.6 Å². The third-order valence-electron chi connectivity index (χ3n) is 4.07. The number of aryl methyl sites for hydroxylation is 1. The van der Waals surface area contributed by atoms with E-state index in [1.54, 1.807) is 12.1 Å². The number of rotatable bonds is 4. The highest BCUT2D eigenvalue weighted by Gasteiger charge is 2.18. The summed E-state index contributed by atoms with van der Waals surface area (Å²) in [6.45, 7) is 1.86. The van der Waals surface area contributed by atoms with Gasteiger partial charge in [0.25, 0.3) is 10.0 Å². The first kappa shape index (κ1) is 18.1. The van der Waals surface area contributed by atoms with E-state index in [2.05, 4.69) is 19.7 Å². The molecule has 0 atom stereocenters. The maximum Gasteiger partial charge on any atom is 0.262 e. The second-order valence-electron chi connectivity index (χ2n) is 6.16. The molecule has 28 heavy (non-hydrogen) atoms. The van der Waals surface area contributed by atoms with E-state index in [-0.39, 0.29) is 10.6 Å². The van der Waals surface area contributed by atoms with Crippen LogP contribution in [0.4, 0.5) is 14.5 Å². The van der Waals surface area contributed by atoms with E-state index in [1.165, 1.54) is 12.1 Å². The van der Waals surface area contributed by atoms with Crippen LogP contribution in [0.25, 0.3) is 22.6 Å². The van der Waals surface area contributed by atoms with Crippen LogP contribution in [0.3, 0.4) is 0 Å². The number of hydrogen-bond acceptors (Lipinski definition) is 4. The lowest BCUT2D eigenvalue weighted by atomic mass is 10.3. The van der Waals surface area contributed by atoms with Gasteiger partial charge in [-0.25, -0.2) is 27.2 Å². The molecular formula is C19H14F2N4O2S. The number of fused-ring (bicyclic) bond motifs is 1. The number of hydrogen-bond donors (Lipinski definition) is 2. The first-order valence-electron chi connectivity index (χ1n) is 8.23. The van der Waals surface area contributed by atoms with Crippen molar-refractivity contribution in [2.45, 2.75) is 11.8 Å². The third kappa shape index (κ3) is 3.44. The second-order valence-corrected chi connectivity index (χ2v) is 7.84. The minimum Gasteiger partial charge on any atom is -0.337 e. The molecule has 0 spiro atoms. The lowest BCUT2D eigenvalue weighted by molar-refractivity contribution is 0.583. The van der Waals surface area contributed by atoms with Gasteiger partial charge in [0.1, 0.15) is 17.3 Å². The third-order valence-corrected chi connectivity index (χ3v) is 5.43. The number of sulfonamides is 1. The number of benzene rings is 2. The highest BCUT2D eigenvalue weighted by molar-refractivity contribution is 7.92. The highest BCUT2D eigenvalue weighted by Crippen LogP contribution is 2.24. The zero-order valence-electron chi connectivity index (χ0n) is 14.6. The molecule has 0 radical (unpaired) electrons. The Bertz CT molecular complexity index is 1300. The van der Waals surface area contributed by atoms with Crippen LogP contribution in [0, 0.1) is 18.6 Å². The summed E-state index contributed by atoms with van der Waals surface area (Å²) in [6.07, 6.45) is 0. The van der Waals surface area contributed by atoms with Gasteiger partial charge in [0, 0.05) is 11.8 Å². The topological polar surface area (TPSA) is 87.7 Å². The van der Waals surface area contributed by atoms with Crippen LogP contribution >= 0.6 is 0 Å². The van der Waals surface area contributed by atoms with Crippen molar-refractivity contribution < 1.29 is 17.2 Å². The molecule has 0 bridgehead atoms. The maximum absolute atomic E-state index is 13.8. The summed E-state index contributed by atoms with van der Waals surface area (Å²) in [5.74, 6) is -1.29. The van der Waals surface area contributed by atoms with Crippen molar-refractivity contribution in [3.8, 4) is 11.5 Å². The smallest absolute Gasteiger partial charge is 0.262 e. The van der Waals surface area contributed by atoms with Crippen molar-refractivity contribution in [3.05, 3.63) is 71.9 Å². The quantitative estimate of drug-likeness (QED) is 0.542. The van der Waals surface area contributed by atoms with Crippen LogP contribution in [0.5, 0.6) is 0 Å². The molecule has 0 aliphatic carbocycles. The molecule has 4 rings (SSSR count). The van der Waals surface area contributed by atoms with Gasteiger partial charge in [-0.05, 0) is 49.4 Å². The molecule has 142 valence electrons. The van der Waals surface area contributed by atoms with Crippen LogP contribution in [0.15, 0.2) is 59.5 Å². The number of nitrogens with one attached hydrogen (secondary N) is 2. The number of halogens is 2. The Kier molecular flexibility index (Phi) is 4.31. The Hall–Kier alpha value is -3.33. The van der Waals surface area contributed by atoms with E-state index in [4.69, 9.17) is 0 Å². The molecule has 6 nitrogen and oxygen atoms in total. The first-order valence-corrected chi connectivity index (χ1v) is 9.72. The van der Waals surface area contributed by atoms with Crippen molar-refractivity contribution in [3.63, 3.8) is 0 Å². The Morgan fingerprint density at radius 1 is 1.00 bits per heavy atom. The van der Waals surface area contributed by atoms with Gasteiger partial charge in [0.2, 0.25) is 0 Å². The molecule has 0 saturated heterocycles. The molecule has 9 heteroatoms. The summed E-state index contributed by atoms with van der Waals surface area (Å²) in [5.41, 5.74) is 2.17. The SMILES string of the molecule is Cc1cccc(-c2nc3ccc(S(=O)(=O)Nc4ccc(F)cc4F)cc3[nH]2)n1. The van der Waals surface area contributed by atoms with Gasteiger partial charge in [0.05, 0.1) is 21.6 Å². The van der Waals surface area contributed by atoms with Crippen LogP contribution in [0.2, 0.25) is 0 Å². The Morgan fingerprint density at radius 2 is 1.82 bits per heavy atom. The molecule has 4 aromatic rings. The van der Waals surface area contributed by atoms with Gasteiger partial charge in [-0.1, -0.05) is 6.07 Å². The average molecular weight is 400 g/mol. The van der Waals surface area contributed by atoms with Crippen molar-refractivity contribution in [1.29, 1.82) is 0 Å². The molecule has 0 saturated carbocycles. The molecular weight excluding hydrogens is 386 g/mol. The number of H-pyrrole nitrogens is 1. The predicted molar refractivity (Wildman–Crippen MR) is 101 cm³/mol. The number of pyridine rings is 1. The Morgan fingerprint density at radius 3 is 2.57 bits per heavy atom. The van der Waals surface area contributed by atoms with Gasteiger partial charge < -0.3 is 4.98 Å². The molecule has 2 aromatic carbocycles. The standard InChI is InChI=1S/C19H14F2N4O2S/c1-11-3-2-4-17(22-11)19-23-16-8-6-13(10-18(16)24-19)28(26,27)25-15-7-5-12(20)9-14(15)21/h2-10,25H,1H3,(H,23,24). The van der Waals surface area contributed by atoms with E-state index in [9.17, 15) is 17.2 Å². The van der Waals surface area contributed by atoms with E-state index < -0.39 is 21.7 Å². The number of aromatic nitrogens is 3. The zero-order chi connectivity index (χ0) is 19.9. The number of imidazole rings is 1.